The van der Waals surface area contributed by atoms with Crippen LogP contribution in [0.1, 0.15) is 59.0 Å². The SMILES string of the molecule is CC(C)[Si](c1ncc(C(O)c2ccccc2)o1)(C(C)C)C(C)C. The number of oxazole rings is 1. The first kappa shape index (κ1) is 18.0. The van der Waals surface area contributed by atoms with Crippen molar-refractivity contribution in [2.45, 2.75) is 64.3 Å². The van der Waals surface area contributed by atoms with Crippen molar-refractivity contribution in [3.63, 3.8) is 0 Å². The van der Waals surface area contributed by atoms with Crippen LogP contribution in [0, 0.1) is 0 Å². The maximum absolute atomic E-state index is 10.6. The lowest BCUT2D eigenvalue weighted by molar-refractivity contribution is 0.191. The van der Waals surface area contributed by atoms with Crippen molar-refractivity contribution in [1.29, 1.82) is 0 Å². The van der Waals surface area contributed by atoms with E-state index in [2.05, 4.69) is 46.5 Å². The van der Waals surface area contributed by atoms with Gasteiger partial charge in [-0.05, 0) is 22.2 Å². The number of aliphatic hydroxyl groups is 1. The van der Waals surface area contributed by atoms with Gasteiger partial charge in [0.1, 0.15) is 6.10 Å². The van der Waals surface area contributed by atoms with Crippen LogP contribution in [0.2, 0.25) is 16.6 Å². The number of hydrogen-bond donors (Lipinski definition) is 1. The molecule has 1 aromatic heterocycles. The van der Waals surface area contributed by atoms with Gasteiger partial charge in [-0.2, -0.15) is 0 Å². The van der Waals surface area contributed by atoms with Crippen LogP contribution in [0.3, 0.4) is 0 Å². The summed E-state index contributed by atoms with van der Waals surface area (Å²) in [5.41, 5.74) is 3.30. The van der Waals surface area contributed by atoms with Gasteiger partial charge in [0, 0.05) is 0 Å². The first-order chi connectivity index (χ1) is 10.8. The molecule has 0 spiro atoms. The molecule has 0 amide bonds. The molecule has 1 N–H and O–H groups in total. The Balaban J connectivity index is 2.43. The fraction of sp³-hybridized carbons (Fsp3) is 0.526. The Morgan fingerprint density at radius 3 is 1.91 bits per heavy atom. The van der Waals surface area contributed by atoms with Gasteiger partial charge in [0.15, 0.2) is 19.3 Å². The first-order valence-corrected chi connectivity index (χ1v) is 10.7. The van der Waals surface area contributed by atoms with Gasteiger partial charge in [-0.25, -0.2) is 4.98 Å². The van der Waals surface area contributed by atoms with Crippen LogP contribution in [0.4, 0.5) is 0 Å². The Labute approximate surface area is 140 Å². The molecule has 1 atom stereocenters. The smallest absolute Gasteiger partial charge is 0.167 e. The van der Waals surface area contributed by atoms with Gasteiger partial charge in [-0.3, -0.25) is 0 Å². The number of nitrogens with zero attached hydrogens (tertiary/aromatic N) is 1. The van der Waals surface area contributed by atoms with E-state index >= 15 is 0 Å². The molecule has 23 heavy (non-hydrogen) atoms. The van der Waals surface area contributed by atoms with Crippen LogP contribution < -0.4 is 5.51 Å². The number of aromatic nitrogens is 1. The lowest BCUT2D eigenvalue weighted by atomic mass is 10.1. The molecule has 0 fully saturated rings. The summed E-state index contributed by atoms with van der Waals surface area (Å²) >= 11 is 0. The van der Waals surface area contributed by atoms with Crippen molar-refractivity contribution in [1.82, 2.24) is 4.98 Å². The third-order valence-electron chi connectivity index (χ3n) is 5.14. The van der Waals surface area contributed by atoms with E-state index in [0.29, 0.717) is 22.4 Å². The highest BCUT2D eigenvalue weighted by Crippen LogP contribution is 2.41. The number of benzene rings is 1. The van der Waals surface area contributed by atoms with E-state index in [1.165, 1.54) is 0 Å². The zero-order chi connectivity index (χ0) is 17.2. The summed E-state index contributed by atoms with van der Waals surface area (Å²) in [4.78, 5) is 4.63. The highest BCUT2D eigenvalue weighted by atomic mass is 28.3. The van der Waals surface area contributed by atoms with Gasteiger partial charge in [0.2, 0.25) is 0 Å². The maximum Gasteiger partial charge on any atom is 0.167 e. The van der Waals surface area contributed by atoms with Gasteiger partial charge in [-0.15, -0.1) is 0 Å². The van der Waals surface area contributed by atoms with Crippen molar-refractivity contribution in [3.8, 4) is 0 Å². The molecule has 4 heteroatoms. The second-order valence-electron chi connectivity index (χ2n) is 7.28. The van der Waals surface area contributed by atoms with Crippen molar-refractivity contribution in [2.75, 3.05) is 0 Å². The molecule has 0 saturated heterocycles. The highest BCUT2D eigenvalue weighted by Gasteiger charge is 2.49. The average molecular weight is 332 g/mol. The van der Waals surface area contributed by atoms with Crippen molar-refractivity contribution in [3.05, 3.63) is 47.9 Å². The third-order valence-corrected chi connectivity index (χ3v) is 11.8. The number of rotatable bonds is 6. The molecule has 0 aliphatic heterocycles. The molecule has 2 aromatic rings. The largest absolute Gasteiger partial charge is 0.448 e. The van der Waals surface area contributed by atoms with Gasteiger partial charge in [0.05, 0.1) is 6.20 Å². The molecule has 0 aliphatic rings. The molecule has 2 rings (SSSR count). The van der Waals surface area contributed by atoms with Gasteiger partial charge in [-0.1, -0.05) is 71.9 Å². The molecule has 0 aliphatic carbocycles. The van der Waals surface area contributed by atoms with Gasteiger partial charge < -0.3 is 9.52 Å². The van der Waals surface area contributed by atoms with Crippen LogP contribution in [0.15, 0.2) is 40.9 Å². The molecular formula is C19H29NO2Si. The van der Waals surface area contributed by atoms with Crippen LogP contribution in [-0.2, 0) is 0 Å². The zero-order valence-electron chi connectivity index (χ0n) is 15.1. The Hall–Kier alpha value is -1.39. The number of hydrogen-bond acceptors (Lipinski definition) is 3. The van der Waals surface area contributed by atoms with E-state index in [-0.39, 0.29) is 0 Å². The Morgan fingerprint density at radius 1 is 0.913 bits per heavy atom. The summed E-state index contributed by atoms with van der Waals surface area (Å²) in [6.07, 6.45) is 0.956. The summed E-state index contributed by atoms with van der Waals surface area (Å²) < 4.78 is 6.15. The predicted octanol–water partition coefficient (Wildman–Crippen LogP) is 4.64. The van der Waals surface area contributed by atoms with Crippen LogP contribution >= 0.6 is 0 Å². The topological polar surface area (TPSA) is 46.3 Å². The summed E-state index contributed by atoms with van der Waals surface area (Å²) in [7, 11) is -1.92. The van der Waals surface area contributed by atoms with Gasteiger partial charge >= 0.3 is 0 Å². The minimum atomic E-state index is -1.92. The Bertz CT molecular complexity index is 598. The van der Waals surface area contributed by atoms with Crippen LogP contribution in [0.25, 0.3) is 0 Å². The highest BCUT2D eigenvalue weighted by molar-refractivity contribution is 6.93. The minimum absolute atomic E-state index is 0.530. The summed E-state index contributed by atoms with van der Waals surface area (Å²) in [6, 6.07) is 9.60. The molecular weight excluding hydrogens is 302 g/mol. The fourth-order valence-corrected chi connectivity index (χ4v) is 10.2. The van der Waals surface area contributed by atoms with E-state index in [1.54, 1.807) is 6.20 Å². The molecule has 0 saturated carbocycles. The Kier molecular flexibility index (Phi) is 5.47. The van der Waals surface area contributed by atoms with E-state index in [9.17, 15) is 5.11 Å². The van der Waals surface area contributed by atoms with Crippen molar-refractivity contribution in [2.24, 2.45) is 0 Å². The molecule has 1 heterocycles. The van der Waals surface area contributed by atoms with E-state index in [0.717, 1.165) is 11.1 Å². The standard InChI is InChI=1S/C19H29NO2Si/c1-13(2)23(14(3)4,15(5)6)19-20-12-17(22-19)18(21)16-10-8-7-9-11-16/h7-15,18,21H,1-6H3. The minimum Gasteiger partial charge on any atom is -0.448 e. The van der Waals surface area contributed by atoms with Crippen molar-refractivity contribution >= 4 is 13.6 Å². The predicted molar refractivity (Wildman–Crippen MR) is 97.7 cm³/mol. The summed E-state index contributed by atoms with van der Waals surface area (Å²) in [5.74, 6) is 0.546. The normalized spacial score (nSPS) is 14.0. The molecule has 1 unspecified atom stereocenters. The van der Waals surface area contributed by atoms with Crippen molar-refractivity contribution < 1.29 is 9.52 Å². The average Bonchev–Trinajstić information content (AvgIpc) is 2.96. The number of aliphatic hydroxyl groups excluding tert-OH is 1. The van der Waals surface area contributed by atoms with Crippen LogP contribution in [0.5, 0.6) is 0 Å². The molecule has 0 radical (unpaired) electrons. The van der Waals surface area contributed by atoms with Crippen LogP contribution in [-0.4, -0.2) is 18.2 Å². The van der Waals surface area contributed by atoms with E-state index < -0.39 is 14.2 Å². The van der Waals surface area contributed by atoms with E-state index in [1.807, 2.05) is 30.3 Å². The lowest BCUT2D eigenvalue weighted by Gasteiger charge is -2.39. The molecule has 126 valence electrons. The fourth-order valence-electron chi connectivity index (χ4n) is 4.15. The second kappa shape index (κ2) is 7.01. The monoisotopic (exact) mass is 331 g/mol. The zero-order valence-corrected chi connectivity index (χ0v) is 16.1. The molecule has 1 aromatic carbocycles. The quantitative estimate of drug-likeness (QED) is 0.784. The third kappa shape index (κ3) is 3.15. The lowest BCUT2D eigenvalue weighted by Crippen LogP contribution is -2.56. The van der Waals surface area contributed by atoms with E-state index in [4.69, 9.17) is 4.42 Å². The Morgan fingerprint density at radius 2 is 1.43 bits per heavy atom. The molecule has 0 bridgehead atoms. The summed E-state index contributed by atoms with van der Waals surface area (Å²) in [5, 5.41) is 10.6. The second-order valence-corrected chi connectivity index (χ2v) is 13.0. The maximum atomic E-state index is 10.6. The first-order valence-electron chi connectivity index (χ1n) is 8.51. The molecule has 3 nitrogen and oxygen atoms in total. The van der Waals surface area contributed by atoms with Gasteiger partial charge in [0.25, 0.3) is 0 Å². The summed E-state index contributed by atoms with van der Waals surface area (Å²) in [6.45, 7) is 13.7.